The molecule has 5 rings (SSSR count). The smallest absolute Gasteiger partial charge is 0.304 e. The summed E-state index contributed by atoms with van der Waals surface area (Å²) in [4.78, 5) is 11.1. The Balaban J connectivity index is 1.41. The molecule has 7 heteroatoms. The van der Waals surface area contributed by atoms with Crippen molar-refractivity contribution in [3.05, 3.63) is 76.1 Å². The molecule has 194 valence electrons. The summed E-state index contributed by atoms with van der Waals surface area (Å²) >= 11 is 1.75. The average Bonchev–Trinajstić information content (AvgIpc) is 3.45. The first-order valence-corrected chi connectivity index (χ1v) is 13.9. The van der Waals surface area contributed by atoms with Crippen LogP contribution in [0.4, 0.5) is 4.39 Å². The zero-order valence-corrected chi connectivity index (χ0v) is 22.1. The van der Waals surface area contributed by atoms with E-state index in [1.165, 1.54) is 0 Å². The van der Waals surface area contributed by atoms with Crippen LogP contribution in [0.5, 0.6) is 17.2 Å². The van der Waals surface area contributed by atoms with Gasteiger partial charge >= 0.3 is 5.97 Å². The quantitative estimate of drug-likeness (QED) is 0.310. The average molecular weight is 523 g/mol. The lowest BCUT2D eigenvalue weighted by Crippen LogP contribution is -2.07. The maximum absolute atomic E-state index is 15.2. The molecule has 0 saturated heterocycles. The summed E-state index contributed by atoms with van der Waals surface area (Å²) in [5.74, 6) is 1.76. The summed E-state index contributed by atoms with van der Waals surface area (Å²) in [7, 11) is 0. The van der Waals surface area contributed by atoms with Gasteiger partial charge in [0.25, 0.3) is 0 Å². The molecule has 0 bridgehead atoms. The third-order valence-corrected chi connectivity index (χ3v) is 7.75. The molecule has 0 aromatic heterocycles. The SMILES string of the molecule is CSCCOc1cc(C)c(-c2ccc(F)c3c2CC[C@H]3Oc2ccc3c(c2)OC[C@H]3CC(=O)O)c(C)c1. The van der Waals surface area contributed by atoms with Crippen LogP contribution < -0.4 is 14.2 Å². The van der Waals surface area contributed by atoms with Gasteiger partial charge in [-0.2, -0.15) is 11.8 Å². The lowest BCUT2D eigenvalue weighted by molar-refractivity contribution is -0.137. The van der Waals surface area contributed by atoms with Gasteiger partial charge in [-0.15, -0.1) is 0 Å². The highest BCUT2D eigenvalue weighted by Crippen LogP contribution is 2.45. The number of hydrogen-bond donors (Lipinski definition) is 1. The van der Waals surface area contributed by atoms with Gasteiger partial charge in [0.1, 0.15) is 29.2 Å². The summed E-state index contributed by atoms with van der Waals surface area (Å²) in [5, 5.41) is 9.14. The van der Waals surface area contributed by atoms with Crippen molar-refractivity contribution in [1.82, 2.24) is 0 Å². The van der Waals surface area contributed by atoms with E-state index in [4.69, 9.17) is 19.3 Å². The van der Waals surface area contributed by atoms with E-state index in [2.05, 4.69) is 32.2 Å². The van der Waals surface area contributed by atoms with Crippen molar-refractivity contribution in [3.8, 4) is 28.4 Å². The summed E-state index contributed by atoms with van der Waals surface area (Å²) in [6.07, 6.45) is 3.09. The van der Waals surface area contributed by atoms with Crippen LogP contribution in [0.1, 0.15) is 52.7 Å². The Kier molecular flexibility index (Phi) is 7.33. The topological polar surface area (TPSA) is 65.0 Å². The molecule has 1 aliphatic carbocycles. The molecular formula is C30H31FO5S. The fourth-order valence-electron chi connectivity index (χ4n) is 5.57. The normalized spacial score (nSPS) is 17.7. The minimum atomic E-state index is -0.848. The number of hydrogen-bond acceptors (Lipinski definition) is 5. The Morgan fingerprint density at radius 3 is 2.65 bits per heavy atom. The lowest BCUT2D eigenvalue weighted by Gasteiger charge is -2.19. The van der Waals surface area contributed by atoms with Crippen LogP contribution in [0.2, 0.25) is 0 Å². The molecule has 0 radical (unpaired) electrons. The molecule has 3 aromatic rings. The van der Waals surface area contributed by atoms with Crippen LogP contribution in [0, 0.1) is 19.7 Å². The number of halogens is 1. The summed E-state index contributed by atoms with van der Waals surface area (Å²) in [6, 6.07) is 13.0. The Morgan fingerprint density at radius 1 is 1.14 bits per heavy atom. The van der Waals surface area contributed by atoms with Crippen LogP contribution in [0.3, 0.4) is 0 Å². The third-order valence-electron chi connectivity index (χ3n) is 7.18. The van der Waals surface area contributed by atoms with Gasteiger partial charge in [0, 0.05) is 28.9 Å². The number of ether oxygens (including phenoxy) is 3. The van der Waals surface area contributed by atoms with Crippen LogP contribution >= 0.6 is 11.8 Å². The van der Waals surface area contributed by atoms with Gasteiger partial charge < -0.3 is 19.3 Å². The number of carboxylic acids is 1. The van der Waals surface area contributed by atoms with E-state index in [1.54, 1.807) is 23.9 Å². The molecule has 0 spiro atoms. The summed E-state index contributed by atoms with van der Waals surface area (Å²) in [6.45, 7) is 5.16. The number of aryl methyl sites for hydroxylation is 2. The van der Waals surface area contributed by atoms with Crippen molar-refractivity contribution in [2.24, 2.45) is 0 Å². The number of carboxylic acid groups (broad SMARTS) is 1. The predicted octanol–water partition coefficient (Wildman–Crippen LogP) is 6.87. The van der Waals surface area contributed by atoms with Gasteiger partial charge in [0.2, 0.25) is 0 Å². The lowest BCUT2D eigenvalue weighted by atomic mass is 9.90. The van der Waals surface area contributed by atoms with Gasteiger partial charge in [-0.05, 0) is 85.0 Å². The van der Waals surface area contributed by atoms with E-state index in [0.717, 1.165) is 51.3 Å². The summed E-state index contributed by atoms with van der Waals surface area (Å²) < 4.78 is 33.1. The Morgan fingerprint density at radius 2 is 1.92 bits per heavy atom. The molecule has 2 aliphatic rings. The van der Waals surface area contributed by atoms with Gasteiger partial charge in [-0.3, -0.25) is 4.79 Å². The molecule has 5 nitrogen and oxygen atoms in total. The molecule has 3 aromatic carbocycles. The Bertz CT molecular complexity index is 1310. The van der Waals surface area contributed by atoms with Crippen LogP contribution in [-0.2, 0) is 11.2 Å². The van der Waals surface area contributed by atoms with Crippen molar-refractivity contribution >= 4 is 17.7 Å². The molecule has 1 heterocycles. The first-order valence-electron chi connectivity index (χ1n) is 12.6. The highest BCUT2D eigenvalue weighted by Gasteiger charge is 2.32. The maximum Gasteiger partial charge on any atom is 0.304 e. The molecule has 37 heavy (non-hydrogen) atoms. The van der Waals surface area contributed by atoms with E-state index in [9.17, 15) is 4.79 Å². The number of thioether (sulfide) groups is 1. The second-order valence-corrected chi connectivity index (χ2v) is 10.7. The molecule has 0 amide bonds. The Hall–Kier alpha value is -3.19. The van der Waals surface area contributed by atoms with Gasteiger partial charge in [0.15, 0.2) is 0 Å². The minimum absolute atomic E-state index is 0.0287. The molecule has 0 saturated carbocycles. The van der Waals surface area contributed by atoms with E-state index in [0.29, 0.717) is 36.7 Å². The maximum atomic E-state index is 15.2. The first kappa shape index (κ1) is 25.5. The Labute approximate surface area is 220 Å². The number of benzene rings is 3. The first-order chi connectivity index (χ1) is 17.9. The van der Waals surface area contributed by atoms with Crippen LogP contribution in [0.15, 0.2) is 42.5 Å². The van der Waals surface area contributed by atoms with E-state index in [-0.39, 0.29) is 18.2 Å². The minimum Gasteiger partial charge on any atom is -0.493 e. The zero-order chi connectivity index (χ0) is 26.1. The highest BCUT2D eigenvalue weighted by molar-refractivity contribution is 7.98. The van der Waals surface area contributed by atoms with Gasteiger partial charge in [-0.25, -0.2) is 4.39 Å². The molecule has 0 unspecified atom stereocenters. The van der Waals surface area contributed by atoms with Crippen LogP contribution in [-0.4, -0.2) is 36.3 Å². The fourth-order valence-corrected chi connectivity index (χ4v) is 5.82. The molecule has 2 atom stereocenters. The number of aliphatic carboxylic acids is 1. The second kappa shape index (κ2) is 10.7. The molecule has 1 aliphatic heterocycles. The van der Waals surface area contributed by atoms with Crippen LogP contribution in [0.25, 0.3) is 11.1 Å². The largest absolute Gasteiger partial charge is 0.493 e. The van der Waals surface area contributed by atoms with Crippen molar-refractivity contribution in [2.45, 2.75) is 45.1 Å². The molecule has 0 fully saturated rings. The summed E-state index contributed by atoms with van der Waals surface area (Å²) in [5.41, 5.74) is 6.84. The number of carbonyl (C=O) groups is 1. The van der Waals surface area contributed by atoms with Gasteiger partial charge in [-0.1, -0.05) is 12.1 Å². The van der Waals surface area contributed by atoms with E-state index in [1.807, 2.05) is 18.2 Å². The van der Waals surface area contributed by atoms with Crippen molar-refractivity contribution in [3.63, 3.8) is 0 Å². The standard InChI is InChI=1S/C30H31FO5S/c1-17-12-21(34-10-11-37-3)13-18(2)29(17)23-6-8-25(31)30-24(23)7-9-26(30)36-20-4-5-22-19(14-28(32)33)16-35-27(22)15-20/h4-6,8,12-13,15,19,26H,7,9-11,14,16H2,1-3H3,(H,32,33)/t19-,26-/m1/s1. The fraction of sp³-hybridized carbons (Fsp3) is 0.367. The van der Waals surface area contributed by atoms with Crippen molar-refractivity contribution < 1.29 is 28.5 Å². The van der Waals surface area contributed by atoms with Crippen molar-refractivity contribution in [2.75, 3.05) is 25.2 Å². The van der Waals surface area contributed by atoms with E-state index < -0.39 is 12.1 Å². The van der Waals surface area contributed by atoms with E-state index >= 15 is 4.39 Å². The highest BCUT2D eigenvalue weighted by atomic mass is 32.2. The van der Waals surface area contributed by atoms with Crippen molar-refractivity contribution in [1.29, 1.82) is 0 Å². The molecule has 1 N–H and O–H groups in total. The zero-order valence-electron chi connectivity index (χ0n) is 21.3. The predicted molar refractivity (Wildman–Crippen MR) is 144 cm³/mol. The van der Waals surface area contributed by atoms with Gasteiger partial charge in [0.05, 0.1) is 19.6 Å². The third kappa shape index (κ3) is 5.14. The number of fused-ring (bicyclic) bond motifs is 2. The number of rotatable bonds is 9. The molecular weight excluding hydrogens is 491 g/mol. The monoisotopic (exact) mass is 522 g/mol. The second-order valence-electron chi connectivity index (χ2n) is 9.71.